The number of hydrogen-bond donors (Lipinski definition) is 1. The van der Waals surface area contributed by atoms with Gasteiger partial charge in [-0.1, -0.05) is 24.3 Å². The molecule has 1 aromatic rings. The Morgan fingerprint density at radius 2 is 2.06 bits per heavy atom. The van der Waals surface area contributed by atoms with Crippen molar-refractivity contribution in [2.24, 2.45) is 5.92 Å². The summed E-state index contributed by atoms with van der Waals surface area (Å²) in [6, 6.07) is 9.57. The third-order valence-corrected chi connectivity index (χ3v) is 4.36. The van der Waals surface area contributed by atoms with E-state index in [2.05, 4.69) is 29.6 Å². The first kappa shape index (κ1) is 12.2. The van der Waals surface area contributed by atoms with Gasteiger partial charge in [0, 0.05) is 19.3 Å². The van der Waals surface area contributed by atoms with Crippen molar-refractivity contribution in [1.82, 2.24) is 5.32 Å². The Kier molecular flexibility index (Phi) is 3.96. The lowest BCUT2D eigenvalue weighted by Crippen LogP contribution is -2.35. The summed E-state index contributed by atoms with van der Waals surface area (Å²) in [7, 11) is 0. The van der Waals surface area contributed by atoms with Crippen LogP contribution >= 0.6 is 0 Å². The fourth-order valence-electron chi connectivity index (χ4n) is 3.17. The zero-order chi connectivity index (χ0) is 12.2. The SMILES string of the molecule is c1ccc2c(c1)CCC(NCCC1CCOC1)C2. The van der Waals surface area contributed by atoms with Gasteiger partial charge in [0.25, 0.3) is 0 Å². The highest BCUT2D eigenvalue weighted by Crippen LogP contribution is 2.21. The Labute approximate surface area is 110 Å². The molecule has 2 unspecified atom stereocenters. The van der Waals surface area contributed by atoms with Crippen molar-refractivity contribution >= 4 is 0 Å². The van der Waals surface area contributed by atoms with Gasteiger partial charge in [0.05, 0.1) is 0 Å². The smallest absolute Gasteiger partial charge is 0.0495 e. The molecule has 1 N–H and O–H groups in total. The molecular formula is C16H23NO. The highest BCUT2D eigenvalue weighted by atomic mass is 16.5. The molecule has 2 heteroatoms. The summed E-state index contributed by atoms with van der Waals surface area (Å²) in [6.07, 6.45) is 6.27. The summed E-state index contributed by atoms with van der Waals surface area (Å²) < 4.78 is 5.42. The second kappa shape index (κ2) is 5.85. The molecule has 2 atom stereocenters. The highest BCUT2D eigenvalue weighted by molar-refractivity contribution is 5.30. The monoisotopic (exact) mass is 245 g/mol. The summed E-state index contributed by atoms with van der Waals surface area (Å²) in [5.74, 6) is 0.799. The number of hydrogen-bond acceptors (Lipinski definition) is 2. The zero-order valence-corrected chi connectivity index (χ0v) is 11.0. The lowest BCUT2D eigenvalue weighted by Gasteiger charge is -2.26. The Bertz CT molecular complexity index is 384. The fraction of sp³-hybridized carbons (Fsp3) is 0.625. The quantitative estimate of drug-likeness (QED) is 0.880. The summed E-state index contributed by atoms with van der Waals surface area (Å²) in [5.41, 5.74) is 3.10. The molecule has 0 bridgehead atoms. The van der Waals surface area contributed by atoms with Crippen molar-refractivity contribution < 1.29 is 4.74 Å². The predicted molar refractivity (Wildman–Crippen MR) is 73.8 cm³/mol. The summed E-state index contributed by atoms with van der Waals surface area (Å²) in [4.78, 5) is 0. The Morgan fingerprint density at radius 3 is 2.89 bits per heavy atom. The minimum atomic E-state index is 0.683. The van der Waals surface area contributed by atoms with Crippen LogP contribution < -0.4 is 5.32 Å². The van der Waals surface area contributed by atoms with Gasteiger partial charge in [0.2, 0.25) is 0 Å². The first-order valence-electron chi connectivity index (χ1n) is 7.30. The number of aryl methyl sites for hydroxylation is 1. The lowest BCUT2D eigenvalue weighted by atomic mass is 9.88. The van der Waals surface area contributed by atoms with E-state index in [0.29, 0.717) is 6.04 Å². The lowest BCUT2D eigenvalue weighted by molar-refractivity contribution is 0.184. The van der Waals surface area contributed by atoms with Crippen LogP contribution in [0.15, 0.2) is 24.3 Å². The molecule has 1 saturated heterocycles. The van der Waals surface area contributed by atoms with Gasteiger partial charge in [-0.25, -0.2) is 0 Å². The molecule has 1 aromatic carbocycles. The van der Waals surface area contributed by atoms with Gasteiger partial charge < -0.3 is 10.1 Å². The Hall–Kier alpha value is -0.860. The molecule has 3 rings (SSSR count). The number of rotatable bonds is 4. The van der Waals surface area contributed by atoms with Crippen LogP contribution in [-0.4, -0.2) is 25.8 Å². The molecule has 1 heterocycles. The van der Waals surface area contributed by atoms with E-state index in [1.165, 1.54) is 32.1 Å². The second-order valence-electron chi connectivity index (χ2n) is 5.68. The molecule has 0 spiro atoms. The van der Waals surface area contributed by atoms with Gasteiger partial charge in [-0.05, 0) is 55.7 Å². The molecular weight excluding hydrogens is 222 g/mol. The maximum absolute atomic E-state index is 5.42. The van der Waals surface area contributed by atoms with E-state index in [-0.39, 0.29) is 0 Å². The minimum Gasteiger partial charge on any atom is -0.381 e. The van der Waals surface area contributed by atoms with Gasteiger partial charge in [-0.3, -0.25) is 0 Å². The van der Waals surface area contributed by atoms with Crippen molar-refractivity contribution in [2.45, 2.75) is 38.1 Å². The predicted octanol–water partition coefficient (Wildman–Crippen LogP) is 2.56. The maximum atomic E-state index is 5.42. The Morgan fingerprint density at radius 1 is 1.17 bits per heavy atom. The number of nitrogens with one attached hydrogen (secondary N) is 1. The topological polar surface area (TPSA) is 21.3 Å². The van der Waals surface area contributed by atoms with Crippen LogP contribution in [0, 0.1) is 5.92 Å². The summed E-state index contributed by atoms with van der Waals surface area (Å²) in [6.45, 7) is 3.11. The molecule has 98 valence electrons. The molecule has 2 aliphatic rings. The van der Waals surface area contributed by atoms with Gasteiger partial charge >= 0.3 is 0 Å². The number of benzene rings is 1. The largest absolute Gasteiger partial charge is 0.381 e. The first-order chi connectivity index (χ1) is 8.92. The molecule has 1 aliphatic heterocycles. The van der Waals surface area contributed by atoms with Crippen LogP contribution in [0.2, 0.25) is 0 Å². The summed E-state index contributed by atoms with van der Waals surface area (Å²) >= 11 is 0. The third-order valence-electron chi connectivity index (χ3n) is 4.36. The van der Waals surface area contributed by atoms with Gasteiger partial charge in [-0.2, -0.15) is 0 Å². The van der Waals surface area contributed by atoms with Crippen molar-refractivity contribution in [3.8, 4) is 0 Å². The molecule has 18 heavy (non-hydrogen) atoms. The van der Waals surface area contributed by atoms with Gasteiger partial charge in [0.15, 0.2) is 0 Å². The third kappa shape index (κ3) is 2.93. The van der Waals surface area contributed by atoms with Crippen LogP contribution in [0.4, 0.5) is 0 Å². The van der Waals surface area contributed by atoms with E-state index >= 15 is 0 Å². The maximum Gasteiger partial charge on any atom is 0.0495 e. The van der Waals surface area contributed by atoms with Crippen molar-refractivity contribution in [3.63, 3.8) is 0 Å². The normalized spacial score (nSPS) is 27.1. The number of ether oxygens (including phenoxy) is 1. The molecule has 1 aliphatic carbocycles. The van der Waals surface area contributed by atoms with Crippen molar-refractivity contribution in [3.05, 3.63) is 35.4 Å². The van der Waals surface area contributed by atoms with Crippen LogP contribution in [0.3, 0.4) is 0 Å². The standard InChI is InChI=1S/C16H23NO/c1-2-4-15-11-16(6-5-14(15)3-1)17-9-7-13-8-10-18-12-13/h1-4,13,16-17H,5-12H2. The minimum absolute atomic E-state index is 0.683. The molecule has 0 amide bonds. The van der Waals surface area contributed by atoms with E-state index < -0.39 is 0 Å². The van der Waals surface area contributed by atoms with E-state index in [4.69, 9.17) is 4.74 Å². The van der Waals surface area contributed by atoms with Crippen LogP contribution in [-0.2, 0) is 17.6 Å². The van der Waals surface area contributed by atoms with Crippen molar-refractivity contribution in [2.75, 3.05) is 19.8 Å². The zero-order valence-electron chi connectivity index (χ0n) is 11.0. The van der Waals surface area contributed by atoms with Crippen molar-refractivity contribution in [1.29, 1.82) is 0 Å². The van der Waals surface area contributed by atoms with Gasteiger partial charge in [0.1, 0.15) is 0 Å². The average molecular weight is 245 g/mol. The molecule has 2 nitrogen and oxygen atoms in total. The summed E-state index contributed by atoms with van der Waals surface area (Å²) in [5, 5.41) is 3.73. The van der Waals surface area contributed by atoms with E-state index in [1.54, 1.807) is 11.1 Å². The fourth-order valence-corrected chi connectivity index (χ4v) is 3.17. The van der Waals surface area contributed by atoms with E-state index in [0.717, 1.165) is 25.7 Å². The average Bonchev–Trinajstić information content (AvgIpc) is 2.92. The molecule has 0 saturated carbocycles. The first-order valence-corrected chi connectivity index (χ1v) is 7.30. The highest BCUT2D eigenvalue weighted by Gasteiger charge is 2.19. The molecule has 0 aromatic heterocycles. The van der Waals surface area contributed by atoms with Crippen LogP contribution in [0.5, 0.6) is 0 Å². The Balaban J connectivity index is 1.44. The van der Waals surface area contributed by atoms with Crippen LogP contribution in [0.25, 0.3) is 0 Å². The van der Waals surface area contributed by atoms with Crippen LogP contribution in [0.1, 0.15) is 30.4 Å². The van der Waals surface area contributed by atoms with E-state index in [9.17, 15) is 0 Å². The second-order valence-corrected chi connectivity index (χ2v) is 5.68. The molecule has 1 fully saturated rings. The van der Waals surface area contributed by atoms with E-state index in [1.807, 2.05) is 0 Å². The molecule has 0 radical (unpaired) electrons. The number of fused-ring (bicyclic) bond motifs is 1. The van der Waals surface area contributed by atoms with Gasteiger partial charge in [-0.15, -0.1) is 0 Å².